The summed E-state index contributed by atoms with van der Waals surface area (Å²) in [5, 5.41) is 0. The molecule has 1 aromatic carbocycles. The topological polar surface area (TPSA) is 41.9 Å². The van der Waals surface area contributed by atoms with E-state index in [2.05, 4.69) is 4.99 Å². The van der Waals surface area contributed by atoms with Crippen molar-refractivity contribution >= 4 is 12.1 Å². The van der Waals surface area contributed by atoms with Gasteiger partial charge in [0.05, 0.1) is 24.4 Å². The van der Waals surface area contributed by atoms with E-state index in [0.29, 0.717) is 24.4 Å². The molecule has 0 unspecified atom stereocenters. The highest BCUT2D eigenvalue weighted by atomic mass is 16.5. The van der Waals surface area contributed by atoms with Gasteiger partial charge in [-0.3, -0.25) is 9.79 Å². The van der Waals surface area contributed by atoms with Gasteiger partial charge in [0.2, 0.25) is 0 Å². The summed E-state index contributed by atoms with van der Waals surface area (Å²) in [5.74, 6) is 0.583. The van der Waals surface area contributed by atoms with Crippen LogP contribution < -0.4 is 4.74 Å². The first-order valence-corrected chi connectivity index (χ1v) is 5.11. The fourth-order valence-electron chi connectivity index (χ4n) is 1.84. The second kappa shape index (κ2) is 3.48. The van der Waals surface area contributed by atoms with Gasteiger partial charge >= 0.3 is 0 Å². The molecule has 0 atom stereocenters. The quantitative estimate of drug-likeness (QED) is 0.656. The minimum absolute atomic E-state index is 0.0227. The zero-order valence-electron chi connectivity index (χ0n) is 8.59. The van der Waals surface area contributed by atoms with E-state index in [1.807, 2.05) is 12.1 Å². The Labute approximate surface area is 92.9 Å². The number of rotatable bonds is 0. The van der Waals surface area contributed by atoms with Crippen LogP contribution in [0.3, 0.4) is 0 Å². The standard InChI is InChI=1S/C12H10N2O2/c15-12-10-3-1-2-4-11(10)16-8-9-7-13-5-6-14(9)12/h1-5,8H,6-7H2. The van der Waals surface area contributed by atoms with Gasteiger partial charge in [-0.2, -0.15) is 0 Å². The summed E-state index contributed by atoms with van der Waals surface area (Å²) in [6.07, 6.45) is 3.36. The van der Waals surface area contributed by atoms with E-state index in [1.54, 1.807) is 29.5 Å². The molecule has 0 fully saturated rings. The molecule has 1 aromatic rings. The molecule has 2 aliphatic heterocycles. The monoisotopic (exact) mass is 214 g/mol. The Morgan fingerprint density at radius 1 is 1.31 bits per heavy atom. The van der Waals surface area contributed by atoms with Crippen molar-refractivity contribution in [3.8, 4) is 5.75 Å². The van der Waals surface area contributed by atoms with E-state index < -0.39 is 0 Å². The van der Waals surface area contributed by atoms with Gasteiger partial charge in [-0.1, -0.05) is 12.1 Å². The van der Waals surface area contributed by atoms with Crippen molar-refractivity contribution < 1.29 is 9.53 Å². The van der Waals surface area contributed by atoms with Crippen molar-refractivity contribution in [1.82, 2.24) is 4.90 Å². The molecule has 0 aromatic heterocycles. The summed E-state index contributed by atoms with van der Waals surface area (Å²) in [5.41, 5.74) is 1.41. The lowest BCUT2D eigenvalue weighted by Crippen LogP contribution is -2.34. The van der Waals surface area contributed by atoms with Crippen molar-refractivity contribution in [3.63, 3.8) is 0 Å². The molecule has 16 heavy (non-hydrogen) atoms. The molecule has 1 amide bonds. The van der Waals surface area contributed by atoms with Gasteiger partial charge in [0.25, 0.3) is 5.91 Å². The van der Waals surface area contributed by atoms with Crippen LogP contribution in [0.15, 0.2) is 41.2 Å². The zero-order valence-corrected chi connectivity index (χ0v) is 8.59. The fourth-order valence-corrected chi connectivity index (χ4v) is 1.84. The number of nitrogens with zero attached hydrogens (tertiary/aromatic N) is 2. The van der Waals surface area contributed by atoms with E-state index in [9.17, 15) is 4.79 Å². The summed E-state index contributed by atoms with van der Waals surface area (Å²) in [4.78, 5) is 18.0. The van der Waals surface area contributed by atoms with Gasteiger partial charge in [-0.05, 0) is 12.1 Å². The number of fused-ring (bicyclic) bond motifs is 2. The number of carbonyl (C=O) groups excluding carboxylic acids is 1. The molecule has 2 aliphatic rings. The lowest BCUT2D eigenvalue weighted by atomic mass is 10.1. The van der Waals surface area contributed by atoms with E-state index in [-0.39, 0.29) is 5.91 Å². The highest BCUT2D eigenvalue weighted by molar-refractivity contribution is 5.99. The van der Waals surface area contributed by atoms with Crippen molar-refractivity contribution in [2.75, 3.05) is 13.1 Å². The number of amides is 1. The van der Waals surface area contributed by atoms with Gasteiger partial charge in [-0.15, -0.1) is 0 Å². The van der Waals surface area contributed by atoms with E-state index >= 15 is 0 Å². The van der Waals surface area contributed by atoms with Crippen LogP contribution in [-0.2, 0) is 0 Å². The predicted octanol–water partition coefficient (Wildman–Crippen LogP) is 1.45. The van der Waals surface area contributed by atoms with Gasteiger partial charge in [0.15, 0.2) is 0 Å². The van der Waals surface area contributed by atoms with Gasteiger partial charge in [-0.25, -0.2) is 0 Å². The first-order chi connectivity index (χ1) is 7.86. The molecule has 80 valence electrons. The summed E-state index contributed by atoms with van der Waals surface area (Å²) in [7, 11) is 0. The Balaban J connectivity index is 2.10. The Hall–Kier alpha value is -2.10. The van der Waals surface area contributed by atoms with Crippen LogP contribution in [0.5, 0.6) is 5.75 Å². The van der Waals surface area contributed by atoms with E-state index in [0.717, 1.165) is 5.70 Å². The highest BCUT2D eigenvalue weighted by Crippen LogP contribution is 2.26. The maximum Gasteiger partial charge on any atom is 0.262 e. The maximum absolute atomic E-state index is 12.2. The number of carbonyl (C=O) groups is 1. The molecule has 2 heterocycles. The third kappa shape index (κ3) is 1.31. The van der Waals surface area contributed by atoms with E-state index in [1.165, 1.54) is 0 Å². The lowest BCUT2D eigenvalue weighted by molar-refractivity contribution is 0.0823. The molecular formula is C12H10N2O2. The summed E-state index contributed by atoms with van der Waals surface area (Å²) in [6.45, 7) is 1.02. The van der Waals surface area contributed by atoms with Gasteiger partial charge in [0.1, 0.15) is 12.0 Å². The van der Waals surface area contributed by atoms with Crippen LogP contribution in [-0.4, -0.2) is 30.1 Å². The number of ether oxygens (including phenoxy) is 1. The molecule has 0 aliphatic carbocycles. The minimum atomic E-state index is -0.0227. The molecule has 0 spiro atoms. The molecule has 4 nitrogen and oxygen atoms in total. The molecule has 3 rings (SSSR count). The molecular weight excluding hydrogens is 204 g/mol. The summed E-state index contributed by atoms with van der Waals surface area (Å²) < 4.78 is 5.49. The van der Waals surface area contributed by atoms with Gasteiger partial charge in [0, 0.05) is 6.21 Å². The second-order valence-electron chi connectivity index (χ2n) is 3.66. The fraction of sp³-hybridized carbons (Fsp3) is 0.167. The zero-order chi connectivity index (χ0) is 11.0. The van der Waals surface area contributed by atoms with Crippen molar-refractivity contribution in [1.29, 1.82) is 0 Å². The average Bonchev–Trinajstić information content (AvgIpc) is 2.49. The number of para-hydroxylation sites is 1. The normalized spacial score (nSPS) is 18.1. The minimum Gasteiger partial charge on any atom is -0.462 e. The molecule has 0 radical (unpaired) electrons. The Kier molecular flexibility index (Phi) is 1.99. The molecule has 0 N–H and O–H groups in total. The largest absolute Gasteiger partial charge is 0.462 e. The molecule has 4 heteroatoms. The Morgan fingerprint density at radius 3 is 3.12 bits per heavy atom. The van der Waals surface area contributed by atoms with Crippen molar-refractivity contribution in [3.05, 3.63) is 41.8 Å². The highest BCUT2D eigenvalue weighted by Gasteiger charge is 2.26. The number of benzene rings is 1. The molecule has 0 saturated carbocycles. The van der Waals surface area contributed by atoms with Crippen LogP contribution in [0.25, 0.3) is 0 Å². The molecule has 0 bridgehead atoms. The van der Waals surface area contributed by atoms with Crippen LogP contribution >= 0.6 is 0 Å². The van der Waals surface area contributed by atoms with Crippen LogP contribution in [0.1, 0.15) is 10.4 Å². The Bertz CT molecular complexity index is 505. The summed E-state index contributed by atoms with van der Waals surface area (Å²) >= 11 is 0. The number of aliphatic imine (C=N–C) groups is 1. The lowest BCUT2D eigenvalue weighted by Gasteiger charge is -2.23. The Morgan fingerprint density at radius 2 is 2.19 bits per heavy atom. The number of hydrogen-bond acceptors (Lipinski definition) is 3. The first-order valence-electron chi connectivity index (χ1n) is 5.11. The average molecular weight is 214 g/mol. The third-order valence-electron chi connectivity index (χ3n) is 2.68. The number of hydrogen-bond donors (Lipinski definition) is 0. The SMILES string of the molecule is O=C1c2ccccc2OC=C2CN=CCN12. The van der Waals surface area contributed by atoms with Crippen molar-refractivity contribution in [2.24, 2.45) is 4.99 Å². The van der Waals surface area contributed by atoms with Crippen LogP contribution in [0.2, 0.25) is 0 Å². The van der Waals surface area contributed by atoms with Crippen LogP contribution in [0, 0.1) is 0 Å². The first kappa shape index (κ1) is 9.15. The maximum atomic E-state index is 12.2. The molecule has 0 saturated heterocycles. The predicted molar refractivity (Wildman–Crippen MR) is 59.5 cm³/mol. The summed E-state index contributed by atoms with van der Waals surface area (Å²) in [6, 6.07) is 7.26. The smallest absolute Gasteiger partial charge is 0.262 e. The van der Waals surface area contributed by atoms with Gasteiger partial charge < -0.3 is 9.64 Å². The second-order valence-corrected chi connectivity index (χ2v) is 3.66. The van der Waals surface area contributed by atoms with Crippen molar-refractivity contribution in [2.45, 2.75) is 0 Å². The van der Waals surface area contributed by atoms with Crippen LogP contribution in [0.4, 0.5) is 0 Å². The third-order valence-corrected chi connectivity index (χ3v) is 2.68. The van der Waals surface area contributed by atoms with E-state index in [4.69, 9.17) is 4.74 Å².